The van der Waals surface area contributed by atoms with Gasteiger partial charge in [-0.1, -0.05) is 18.2 Å². The van der Waals surface area contributed by atoms with E-state index in [-0.39, 0.29) is 24.1 Å². The van der Waals surface area contributed by atoms with Crippen molar-refractivity contribution in [3.63, 3.8) is 0 Å². The van der Waals surface area contributed by atoms with Crippen molar-refractivity contribution in [2.24, 2.45) is 0 Å². The lowest BCUT2D eigenvalue weighted by molar-refractivity contribution is -0.136. The quantitative estimate of drug-likeness (QED) is 0.668. The zero-order valence-electron chi connectivity index (χ0n) is 16.3. The van der Waals surface area contributed by atoms with E-state index in [9.17, 15) is 14.4 Å². The second kappa shape index (κ2) is 10.5. The van der Waals surface area contributed by atoms with Crippen LogP contribution in [-0.4, -0.2) is 46.8 Å². The predicted molar refractivity (Wildman–Crippen MR) is 116 cm³/mol. The molecule has 30 heavy (non-hydrogen) atoms. The molecule has 1 aliphatic heterocycles. The first-order valence-electron chi connectivity index (χ1n) is 9.60. The maximum Gasteiger partial charge on any atom is 0.251 e. The van der Waals surface area contributed by atoms with E-state index in [1.807, 2.05) is 12.1 Å². The van der Waals surface area contributed by atoms with Crippen LogP contribution in [0.4, 0.5) is 5.69 Å². The van der Waals surface area contributed by atoms with E-state index in [1.54, 1.807) is 53.4 Å². The van der Waals surface area contributed by atoms with E-state index >= 15 is 0 Å². The molecule has 7 nitrogen and oxygen atoms in total. The number of carbonyl (C=O) groups is 3. The van der Waals surface area contributed by atoms with Gasteiger partial charge >= 0.3 is 0 Å². The highest BCUT2D eigenvalue weighted by Crippen LogP contribution is 2.23. The van der Waals surface area contributed by atoms with Crippen molar-refractivity contribution in [2.45, 2.75) is 18.9 Å². The number of thioether (sulfide) groups is 1. The van der Waals surface area contributed by atoms with E-state index < -0.39 is 6.04 Å². The first kappa shape index (κ1) is 21.4. The Bertz CT molecular complexity index is 941. The highest BCUT2D eigenvalue weighted by atomic mass is 32.2. The van der Waals surface area contributed by atoms with Gasteiger partial charge in [-0.15, -0.1) is 11.8 Å². The van der Waals surface area contributed by atoms with Crippen LogP contribution in [0.2, 0.25) is 0 Å². The summed E-state index contributed by atoms with van der Waals surface area (Å²) < 4.78 is 0. The number of hydrogen-bond donors (Lipinski definition) is 2. The molecular weight excluding hydrogens is 400 g/mol. The summed E-state index contributed by atoms with van der Waals surface area (Å²) in [5, 5.41) is 14.5. The molecule has 2 aromatic carbocycles. The summed E-state index contributed by atoms with van der Waals surface area (Å²) in [4.78, 5) is 38.8. The fourth-order valence-electron chi connectivity index (χ4n) is 3.04. The number of nitrogens with one attached hydrogen (secondary N) is 2. The molecule has 1 unspecified atom stereocenters. The first-order valence-corrected chi connectivity index (χ1v) is 10.8. The first-order chi connectivity index (χ1) is 14.6. The largest absolute Gasteiger partial charge is 0.352 e. The highest BCUT2D eigenvalue weighted by molar-refractivity contribution is 7.99. The topological polar surface area (TPSA) is 102 Å². The lowest BCUT2D eigenvalue weighted by atomic mass is 10.2. The van der Waals surface area contributed by atoms with Gasteiger partial charge in [0.25, 0.3) is 5.91 Å². The van der Waals surface area contributed by atoms with E-state index in [4.69, 9.17) is 5.26 Å². The van der Waals surface area contributed by atoms with Gasteiger partial charge in [0.2, 0.25) is 11.8 Å². The summed E-state index contributed by atoms with van der Waals surface area (Å²) in [5.74, 6) is 0.503. The van der Waals surface area contributed by atoms with Crippen molar-refractivity contribution in [3.05, 3.63) is 65.7 Å². The van der Waals surface area contributed by atoms with E-state index in [0.29, 0.717) is 41.4 Å². The second-order valence-electron chi connectivity index (χ2n) is 6.78. The second-order valence-corrected chi connectivity index (χ2v) is 7.78. The Kier molecular flexibility index (Phi) is 7.46. The molecule has 0 saturated carbocycles. The lowest BCUT2D eigenvalue weighted by Crippen LogP contribution is -2.44. The van der Waals surface area contributed by atoms with E-state index in [1.165, 1.54) is 11.8 Å². The normalized spacial score (nSPS) is 15.3. The minimum atomic E-state index is -0.531. The lowest BCUT2D eigenvalue weighted by Gasteiger charge is -2.23. The zero-order chi connectivity index (χ0) is 21.3. The van der Waals surface area contributed by atoms with Crippen LogP contribution in [0.15, 0.2) is 54.6 Å². The summed E-state index contributed by atoms with van der Waals surface area (Å²) in [5.41, 5.74) is 1.69. The van der Waals surface area contributed by atoms with Crippen LogP contribution in [-0.2, 0) is 9.59 Å². The van der Waals surface area contributed by atoms with Crippen LogP contribution >= 0.6 is 11.8 Å². The third-order valence-corrected chi connectivity index (χ3v) is 5.69. The molecule has 2 N–H and O–H groups in total. The van der Waals surface area contributed by atoms with Crippen molar-refractivity contribution in [1.29, 1.82) is 5.26 Å². The zero-order valence-corrected chi connectivity index (χ0v) is 17.2. The molecule has 3 rings (SSSR count). The molecule has 1 saturated heterocycles. The van der Waals surface area contributed by atoms with Gasteiger partial charge in [-0.25, -0.2) is 0 Å². The maximum atomic E-state index is 12.6. The number of carbonyl (C=O) groups excluding carboxylic acids is 3. The Balaban J connectivity index is 1.46. The van der Waals surface area contributed by atoms with E-state index in [0.717, 1.165) is 0 Å². The summed E-state index contributed by atoms with van der Waals surface area (Å²) in [6.07, 6.45) is 0.763. The Labute approximate surface area is 179 Å². The molecule has 0 radical (unpaired) electrons. The molecule has 8 heteroatoms. The van der Waals surface area contributed by atoms with Crippen molar-refractivity contribution in [3.8, 4) is 6.07 Å². The van der Waals surface area contributed by atoms with Gasteiger partial charge in [-0.05, 0) is 42.8 Å². The minimum absolute atomic E-state index is 0.103. The number of rotatable bonds is 7. The fourth-order valence-corrected chi connectivity index (χ4v) is 4.22. The number of benzene rings is 2. The molecule has 0 bridgehead atoms. The van der Waals surface area contributed by atoms with Crippen LogP contribution < -0.4 is 10.6 Å². The fraction of sp³-hybridized carbons (Fsp3) is 0.273. The average Bonchev–Trinajstić information content (AvgIpc) is 3.28. The third kappa shape index (κ3) is 5.61. The Morgan fingerprint density at radius 2 is 1.83 bits per heavy atom. The van der Waals surface area contributed by atoms with Crippen LogP contribution in [0.3, 0.4) is 0 Å². The van der Waals surface area contributed by atoms with Crippen LogP contribution in [0.5, 0.6) is 0 Å². The van der Waals surface area contributed by atoms with Gasteiger partial charge in [-0.2, -0.15) is 5.26 Å². The molecule has 154 valence electrons. The highest BCUT2D eigenvalue weighted by Gasteiger charge is 2.34. The molecular formula is C22H22N4O3S. The van der Waals surface area contributed by atoms with Gasteiger partial charge < -0.3 is 15.5 Å². The molecule has 2 aromatic rings. The Morgan fingerprint density at radius 3 is 2.53 bits per heavy atom. The number of amides is 3. The van der Waals surface area contributed by atoms with Crippen LogP contribution in [0.1, 0.15) is 28.8 Å². The van der Waals surface area contributed by atoms with Crippen molar-refractivity contribution in [1.82, 2.24) is 10.2 Å². The molecule has 1 aliphatic rings. The van der Waals surface area contributed by atoms with Crippen molar-refractivity contribution >= 4 is 35.2 Å². The van der Waals surface area contributed by atoms with Gasteiger partial charge in [0.1, 0.15) is 6.04 Å². The molecule has 3 amide bonds. The molecule has 0 aromatic heterocycles. The standard InChI is InChI=1S/C22H22N4O3S/c23-13-16-8-10-18(11-9-16)25-22(29)19-14-30-15-26(19)20(27)7-4-12-24-21(28)17-5-2-1-3-6-17/h1-3,5-6,8-11,19H,4,7,12,14-15H2,(H,24,28)(H,25,29). The number of anilines is 1. The van der Waals surface area contributed by atoms with E-state index in [2.05, 4.69) is 10.6 Å². The summed E-state index contributed by atoms with van der Waals surface area (Å²) in [7, 11) is 0. The molecule has 0 spiro atoms. The maximum absolute atomic E-state index is 12.6. The van der Waals surface area contributed by atoms with Crippen molar-refractivity contribution in [2.75, 3.05) is 23.5 Å². The van der Waals surface area contributed by atoms with Gasteiger partial charge in [0.15, 0.2) is 0 Å². The smallest absolute Gasteiger partial charge is 0.251 e. The minimum Gasteiger partial charge on any atom is -0.352 e. The van der Waals surface area contributed by atoms with Gasteiger partial charge in [0.05, 0.1) is 17.5 Å². The molecule has 0 aliphatic carbocycles. The average molecular weight is 423 g/mol. The third-order valence-electron chi connectivity index (χ3n) is 4.68. The SMILES string of the molecule is N#Cc1ccc(NC(=O)C2CSCN2C(=O)CCCNC(=O)c2ccccc2)cc1. The van der Waals surface area contributed by atoms with Crippen LogP contribution in [0.25, 0.3) is 0 Å². The van der Waals surface area contributed by atoms with Crippen molar-refractivity contribution < 1.29 is 14.4 Å². The summed E-state index contributed by atoms with van der Waals surface area (Å²) in [6.45, 7) is 0.391. The van der Waals surface area contributed by atoms with Gasteiger partial charge in [-0.3, -0.25) is 14.4 Å². The number of hydrogen-bond acceptors (Lipinski definition) is 5. The predicted octanol–water partition coefficient (Wildman–Crippen LogP) is 2.61. The number of nitrogens with zero attached hydrogens (tertiary/aromatic N) is 2. The summed E-state index contributed by atoms with van der Waals surface area (Å²) in [6, 6.07) is 17.0. The molecule has 1 heterocycles. The number of nitriles is 1. The molecule has 1 atom stereocenters. The summed E-state index contributed by atoms with van der Waals surface area (Å²) >= 11 is 1.54. The Hall–Kier alpha value is -3.31. The Morgan fingerprint density at radius 1 is 1.10 bits per heavy atom. The molecule has 1 fully saturated rings. The van der Waals surface area contributed by atoms with Gasteiger partial charge in [0, 0.05) is 30.0 Å². The monoisotopic (exact) mass is 422 g/mol. The van der Waals surface area contributed by atoms with Crippen LogP contribution in [0, 0.1) is 11.3 Å².